The van der Waals surface area contributed by atoms with Gasteiger partial charge in [0, 0.05) is 12.6 Å². The third kappa shape index (κ3) is 3.94. The fourth-order valence-corrected chi connectivity index (χ4v) is 2.33. The third-order valence-corrected chi connectivity index (χ3v) is 3.32. The number of allylic oxidation sites excluding steroid dienone is 2. The SMILES string of the molecule is CC(C)(C)OC(=O)N1CC(C2=CCNCC2)=CC=C1[N+](=O)[O-]. The number of carbonyl (C=O) groups excluding carboxylic acids is 1. The molecule has 2 aliphatic heterocycles. The number of carbonyl (C=O) groups is 1. The number of hydrogen-bond acceptors (Lipinski definition) is 5. The van der Waals surface area contributed by atoms with Gasteiger partial charge in [-0.2, -0.15) is 9.69 Å². The zero-order valence-electron chi connectivity index (χ0n) is 13.1. The van der Waals surface area contributed by atoms with Gasteiger partial charge >= 0.3 is 11.9 Å². The maximum Gasteiger partial charge on any atom is 0.508 e. The summed E-state index contributed by atoms with van der Waals surface area (Å²) in [5.74, 6) is -0.257. The molecular formula is C15H21N3O4. The van der Waals surface area contributed by atoms with Gasteiger partial charge in [-0.15, -0.1) is 0 Å². The summed E-state index contributed by atoms with van der Waals surface area (Å²) in [5.41, 5.74) is 1.33. The van der Waals surface area contributed by atoms with Crippen LogP contribution in [0.2, 0.25) is 0 Å². The van der Waals surface area contributed by atoms with Crippen molar-refractivity contribution >= 4 is 6.09 Å². The number of rotatable bonds is 2. The van der Waals surface area contributed by atoms with Crippen LogP contribution in [0.1, 0.15) is 27.2 Å². The number of nitrogens with zero attached hydrogens (tertiary/aromatic N) is 2. The molecule has 2 rings (SSSR count). The Morgan fingerprint density at radius 2 is 2.09 bits per heavy atom. The Kier molecular flexibility index (Phi) is 4.65. The van der Waals surface area contributed by atoms with Crippen molar-refractivity contribution in [2.75, 3.05) is 19.6 Å². The second-order valence-electron chi connectivity index (χ2n) is 6.22. The monoisotopic (exact) mass is 307 g/mol. The van der Waals surface area contributed by atoms with E-state index in [0.29, 0.717) is 0 Å². The lowest BCUT2D eigenvalue weighted by Gasteiger charge is -2.26. The standard InChI is InChI=1S/C15H21N3O4/c1-15(2,3)22-14(19)17-10-12(4-5-13(17)18(20)21)11-6-8-16-9-7-11/h4-6,16H,7-10H2,1-3H3. The van der Waals surface area contributed by atoms with Gasteiger partial charge in [0.2, 0.25) is 0 Å². The fourth-order valence-electron chi connectivity index (χ4n) is 2.33. The summed E-state index contributed by atoms with van der Waals surface area (Å²) in [5, 5.41) is 14.4. The Labute approximate surface area is 129 Å². The summed E-state index contributed by atoms with van der Waals surface area (Å²) in [6.07, 6.45) is 5.28. The van der Waals surface area contributed by atoms with Crippen LogP contribution < -0.4 is 5.32 Å². The predicted molar refractivity (Wildman–Crippen MR) is 81.7 cm³/mol. The molecular weight excluding hydrogens is 286 g/mol. The van der Waals surface area contributed by atoms with E-state index in [1.807, 2.05) is 6.08 Å². The van der Waals surface area contributed by atoms with Crippen molar-refractivity contribution in [3.05, 3.63) is 45.3 Å². The molecule has 0 spiro atoms. The van der Waals surface area contributed by atoms with Crippen molar-refractivity contribution in [2.45, 2.75) is 32.8 Å². The van der Waals surface area contributed by atoms with Crippen molar-refractivity contribution in [2.24, 2.45) is 0 Å². The second-order valence-corrected chi connectivity index (χ2v) is 6.22. The minimum atomic E-state index is -0.700. The van der Waals surface area contributed by atoms with Gasteiger partial charge in [0.1, 0.15) is 12.1 Å². The highest BCUT2D eigenvalue weighted by atomic mass is 16.6. The molecule has 2 aliphatic rings. The van der Waals surface area contributed by atoms with E-state index in [0.717, 1.165) is 35.6 Å². The normalized spacial score (nSPS) is 19.0. The highest BCUT2D eigenvalue weighted by Crippen LogP contribution is 2.25. The number of nitro groups is 1. The van der Waals surface area contributed by atoms with E-state index in [1.165, 1.54) is 6.08 Å². The van der Waals surface area contributed by atoms with Crippen LogP contribution in [-0.2, 0) is 4.74 Å². The molecule has 0 unspecified atom stereocenters. The summed E-state index contributed by atoms with van der Waals surface area (Å²) in [7, 11) is 0. The zero-order valence-corrected chi connectivity index (χ0v) is 13.1. The Hall–Kier alpha value is -2.15. The molecule has 0 aliphatic carbocycles. The molecule has 22 heavy (non-hydrogen) atoms. The Balaban J connectivity index is 2.24. The molecule has 0 aromatic rings. The largest absolute Gasteiger partial charge is 0.508 e. The van der Waals surface area contributed by atoms with Gasteiger partial charge in [-0.25, -0.2) is 0 Å². The van der Waals surface area contributed by atoms with E-state index in [4.69, 9.17) is 4.74 Å². The van der Waals surface area contributed by atoms with Gasteiger partial charge in [-0.05, 0) is 55.9 Å². The maximum absolute atomic E-state index is 12.3. The molecule has 0 saturated heterocycles. The molecule has 1 amide bonds. The molecule has 1 N–H and O–H groups in total. The van der Waals surface area contributed by atoms with E-state index in [9.17, 15) is 14.9 Å². The van der Waals surface area contributed by atoms with Gasteiger partial charge in [-0.3, -0.25) is 0 Å². The molecule has 0 atom stereocenters. The fraction of sp³-hybridized carbons (Fsp3) is 0.533. The van der Waals surface area contributed by atoms with Gasteiger partial charge < -0.3 is 20.2 Å². The third-order valence-electron chi connectivity index (χ3n) is 3.32. The molecule has 0 bridgehead atoms. The number of nitrogens with one attached hydrogen (secondary N) is 1. The van der Waals surface area contributed by atoms with Crippen molar-refractivity contribution in [3.8, 4) is 0 Å². The van der Waals surface area contributed by atoms with Crippen molar-refractivity contribution in [1.29, 1.82) is 0 Å². The lowest BCUT2D eigenvalue weighted by Crippen LogP contribution is -2.41. The van der Waals surface area contributed by atoms with Crippen LogP contribution in [0.5, 0.6) is 0 Å². The number of ether oxygens (including phenoxy) is 1. The average Bonchev–Trinajstić information content (AvgIpc) is 2.45. The lowest BCUT2D eigenvalue weighted by molar-refractivity contribution is -0.443. The van der Waals surface area contributed by atoms with Gasteiger partial charge in [-0.1, -0.05) is 6.08 Å². The Morgan fingerprint density at radius 3 is 2.64 bits per heavy atom. The van der Waals surface area contributed by atoms with Crippen LogP contribution in [0.3, 0.4) is 0 Å². The first-order valence-corrected chi connectivity index (χ1v) is 7.24. The smallest absolute Gasteiger partial charge is 0.425 e. The van der Waals surface area contributed by atoms with Gasteiger partial charge in [0.05, 0.1) is 0 Å². The van der Waals surface area contributed by atoms with Gasteiger partial charge in [0.15, 0.2) is 0 Å². The molecule has 0 saturated carbocycles. The highest BCUT2D eigenvalue weighted by molar-refractivity contribution is 5.71. The first-order valence-electron chi connectivity index (χ1n) is 7.24. The number of amides is 1. The van der Waals surface area contributed by atoms with Gasteiger partial charge in [0.25, 0.3) is 0 Å². The maximum atomic E-state index is 12.3. The predicted octanol–water partition coefficient (Wildman–Crippen LogP) is 2.20. The van der Waals surface area contributed by atoms with E-state index >= 15 is 0 Å². The summed E-state index contributed by atoms with van der Waals surface area (Å²) in [6.45, 7) is 6.99. The molecule has 0 aromatic carbocycles. The quantitative estimate of drug-likeness (QED) is 0.624. The minimum absolute atomic E-state index is 0.160. The van der Waals surface area contributed by atoms with Crippen molar-refractivity contribution in [1.82, 2.24) is 10.2 Å². The molecule has 0 fully saturated rings. The highest BCUT2D eigenvalue weighted by Gasteiger charge is 2.36. The van der Waals surface area contributed by atoms with Crippen LogP contribution in [-0.4, -0.2) is 41.2 Å². The van der Waals surface area contributed by atoms with E-state index in [-0.39, 0.29) is 12.4 Å². The lowest BCUT2D eigenvalue weighted by atomic mass is 9.98. The van der Waals surface area contributed by atoms with Crippen LogP contribution in [0, 0.1) is 10.1 Å². The first kappa shape index (κ1) is 16.2. The summed E-state index contributed by atoms with van der Waals surface area (Å²) in [6, 6.07) is 0. The molecule has 0 aromatic heterocycles. The zero-order chi connectivity index (χ0) is 16.3. The first-order chi connectivity index (χ1) is 10.3. The summed E-state index contributed by atoms with van der Waals surface area (Å²) >= 11 is 0. The van der Waals surface area contributed by atoms with Crippen molar-refractivity contribution < 1.29 is 14.5 Å². The average molecular weight is 307 g/mol. The van der Waals surface area contributed by atoms with Crippen molar-refractivity contribution in [3.63, 3.8) is 0 Å². The molecule has 2 heterocycles. The second kappa shape index (κ2) is 6.31. The molecule has 0 radical (unpaired) electrons. The van der Waals surface area contributed by atoms with Crippen LogP contribution >= 0.6 is 0 Å². The van der Waals surface area contributed by atoms with Crippen LogP contribution in [0.15, 0.2) is 35.2 Å². The van der Waals surface area contributed by atoms with Crippen LogP contribution in [0.25, 0.3) is 0 Å². The molecule has 7 heteroatoms. The summed E-state index contributed by atoms with van der Waals surface area (Å²) in [4.78, 5) is 23.9. The van der Waals surface area contributed by atoms with E-state index in [2.05, 4.69) is 5.32 Å². The van der Waals surface area contributed by atoms with Crippen LogP contribution in [0.4, 0.5) is 4.79 Å². The number of hydrogen-bond donors (Lipinski definition) is 1. The van der Waals surface area contributed by atoms with E-state index in [1.54, 1.807) is 26.8 Å². The molecule has 7 nitrogen and oxygen atoms in total. The van der Waals surface area contributed by atoms with E-state index < -0.39 is 16.6 Å². The Bertz CT molecular complexity index is 570. The topological polar surface area (TPSA) is 84.7 Å². The minimum Gasteiger partial charge on any atom is -0.425 e. The molecule has 120 valence electrons. The Morgan fingerprint density at radius 1 is 1.36 bits per heavy atom. The summed E-state index contributed by atoms with van der Waals surface area (Å²) < 4.78 is 5.28.